The van der Waals surface area contributed by atoms with Crippen LogP contribution >= 0.6 is 11.8 Å². The number of rotatable bonds is 8. The minimum atomic E-state index is -0.269. The summed E-state index contributed by atoms with van der Waals surface area (Å²) in [7, 11) is 0. The molecule has 0 radical (unpaired) electrons. The van der Waals surface area contributed by atoms with Crippen LogP contribution in [0, 0.1) is 69.2 Å². The molecule has 0 amide bonds. The molecular formula is C81H80OS. The number of ketones is 1. The van der Waals surface area contributed by atoms with Crippen molar-refractivity contribution in [2.75, 3.05) is 0 Å². The third-order valence-electron chi connectivity index (χ3n) is 15.6. The predicted octanol–water partition coefficient (Wildman–Crippen LogP) is 21.6. The maximum atomic E-state index is 12.1. The van der Waals surface area contributed by atoms with Crippen LogP contribution in [-0.4, -0.2) is 5.78 Å². The molecule has 0 unspecified atom stereocenters. The molecule has 0 saturated heterocycles. The second-order valence-corrected chi connectivity index (χ2v) is 24.0. The number of aryl methyl sites for hydroxylation is 10. The van der Waals surface area contributed by atoms with Crippen LogP contribution in [0.4, 0.5) is 0 Å². The summed E-state index contributed by atoms with van der Waals surface area (Å²) in [5.74, 6) is 0.0833. The van der Waals surface area contributed by atoms with Gasteiger partial charge in [-0.3, -0.25) is 4.79 Å². The monoisotopic (exact) mass is 1100 g/mol. The fraction of sp³-hybridized carbons (Fsp3) is 0.173. The molecule has 0 spiro atoms. The predicted molar refractivity (Wildman–Crippen MR) is 356 cm³/mol. The molecular weight excluding hydrogens is 1020 g/mol. The second kappa shape index (κ2) is 27.9. The number of carbonyl (C=O) groups excluding carboxylic acids is 1. The van der Waals surface area contributed by atoms with Gasteiger partial charge in [0.15, 0.2) is 5.78 Å². The lowest BCUT2D eigenvalue weighted by molar-refractivity contribution is 0.103. The molecule has 0 fully saturated rings. The first-order valence-electron chi connectivity index (χ1n) is 28.9. The summed E-state index contributed by atoms with van der Waals surface area (Å²) in [5.41, 5.74) is 24.9. The van der Waals surface area contributed by atoms with Gasteiger partial charge < -0.3 is 0 Å². The molecule has 0 atom stereocenters. The Kier molecular flexibility index (Phi) is 20.4. The Bertz CT molecular complexity index is 3560. The SMILES string of the molecule is Cc1ccc(C(=O)c2ccc(C)cc2)cc1.Cc1ccc(C(C)(C)c2ccc(C)cc2)cc1.Cc1ccc(C)cc1.Cc1ccc(C2(c3ccc(C)cc3)c3ccccc3-c3ccccc32)cc1.Cc1ccc(Sc2ccc(C)cc2)cc1. The zero-order chi connectivity index (χ0) is 59.1. The molecule has 0 N–H and O–H groups in total. The Morgan fingerprint density at radius 2 is 0.518 bits per heavy atom. The third-order valence-corrected chi connectivity index (χ3v) is 16.6. The number of benzene rings is 11. The first-order valence-corrected chi connectivity index (χ1v) is 29.7. The highest BCUT2D eigenvalue weighted by atomic mass is 32.2. The summed E-state index contributed by atoms with van der Waals surface area (Å²) < 4.78 is 0. The number of fused-ring (bicyclic) bond motifs is 3. The first-order chi connectivity index (χ1) is 39.9. The maximum Gasteiger partial charge on any atom is 0.193 e. The van der Waals surface area contributed by atoms with Gasteiger partial charge in [-0.25, -0.2) is 0 Å². The van der Waals surface area contributed by atoms with Crippen molar-refractivity contribution in [1.82, 2.24) is 0 Å². The molecule has 12 rings (SSSR count). The number of hydrogen-bond donors (Lipinski definition) is 0. The van der Waals surface area contributed by atoms with E-state index in [2.05, 4.69) is 288 Å². The Balaban J connectivity index is 0.000000142. The van der Waals surface area contributed by atoms with Gasteiger partial charge in [0.2, 0.25) is 0 Å². The standard InChI is InChI=1S/C27H22.C17H20.C15H14O.C14H14S.C8H10/c1-19-11-15-21(16-12-19)27(22-17-13-20(2)14-18-22)25-9-5-3-7-23(25)24-8-4-6-10-26(24)27;1-13-5-9-15(10-6-13)17(3,4)16-11-7-14(2)8-12-16;1-11-3-7-13(8-4-11)15(16)14-9-5-12(2)6-10-14;1-11-3-7-13(8-4-11)15-14-9-5-12(2)6-10-14;1-7-3-5-8(2)6-4-7/h3-18H,1-2H3;5-12H,1-4H3;3-10H,1-2H3;3-10H,1-2H3;3-6H,1-2H3. The average molecular weight is 1100 g/mol. The molecule has 1 nitrogen and oxygen atoms in total. The van der Waals surface area contributed by atoms with E-state index in [1.165, 1.54) is 110 Å². The molecule has 0 aromatic heterocycles. The van der Waals surface area contributed by atoms with E-state index in [9.17, 15) is 4.79 Å². The van der Waals surface area contributed by atoms with E-state index in [0.717, 1.165) is 11.1 Å². The average Bonchev–Trinajstić information content (AvgIpc) is 1.95. The Hall–Kier alpha value is -8.56. The lowest BCUT2D eigenvalue weighted by atomic mass is 9.67. The molecule has 0 aliphatic heterocycles. The fourth-order valence-electron chi connectivity index (χ4n) is 10.3. The minimum Gasteiger partial charge on any atom is -0.289 e. The molecule has 11 aromatic carbocycles. The van der Waals surface area contributed by atoms with Gasteiger partial charge in [0.25, 0.3) is 0 Å². The summed E-state index contributed by atoms with van der Waals surface area (Å²) in [4.78, 5) is 14.7. The highest BCUT2D eigenvalue weighted by Gasteiger charge is 2.45. The number of carbonyl (C=O) groups is 1. The Morgan fingerprint density at radius 1 is 0.289 bits per heavy atom. The van der Waals surface area contributed by atoms with E-state index in [1.807, 2.05) is 62.4 Å². The molecule has 83 heavy (non-hydrogen) atoms. The van der Waals surface area contributed by atoms with Crippen molar-refractivity contribution in [1.29, 1.82) is 0 Å². The van der Waals surface area contributed by atoms with E-state index < -0.39 is 0 Å². The van der Waals surface area contributed by atoms with Gasteiger partial charge in [-0.05, 0) is 138 Å². The summed E-state index contributed by atoms with van der Waals surface area (Å²) in [6.45, 7) is 25.6. The van der Waals surface area contributed by atoms with Crippen LogP contribution in [0.5, 0.6) is 0 Å². The van der Waals surface area contributed by atoms with Crippen molar-refractivity contribution in [2.24, 2.45) is 0 Å². The van der Waals surface area contributed by atoms with Crippen LogP contribution < -0.4 is 0 Å². The van der Waals surface area contributed by atoms with Crippen molar-refractivity contribution in [2.45, 2.75) is 104 Å². The van der Waals surface area contributed by atoms with E-state index in [0.29, 0.717) is 0 Å². The van der Waals surface area contributed by atoms with E-state index >= 15 is 0 Å². The van der Waals surface area contributed by atoms with Gasteiger partial charge in [-0.1, -0.05) is 324 Å². The van der Waals surface area contributed by atoms with Crippen LogP contribution in [-0.2, 0) is 10.8 Å². The largest absolute Gasteiger partial charge is 0.289 e. The second-order valence-electron chi connectivity index (χ2n) is 22.9. The van der Waals surface area contributed by atoms with Crippen molar-refractivity contribution < 1.29 is 4.79 Å². The Labute approximate surface area is 501 Å². The zero-order valence-corrected chi connectivity index (χ0v) is 51.5. The van der Waals surface area contributed by atoms with Gasteiger partial charge in [0, 0.05) is 26.3 Å². The molecule has 11 aromatic rings. The molecule has 1 aliphatic carbocycles. The fourth-order valence-corrected chi connectivity index (χ4v) is 11.1. The van der Waals surface area contributed by atoms with Crippen molar-refractivity contribution in [3.8, 4) is 11.1 Å². The molecule has 416 valence electrons. The highest BCUT2D eigenvalue weighted by molar-refractivity contribution is 7.99. The highest BCUT2D eigenvalue weighted by Crippen LogP contribution is 2.56. The van der Waals surface area contributed by atoms with Crippen LogP contribution in [0.25, 0.3) is 11.1 Å². The van der Waals surface area contributed by atoms with Crippen LogP contribution in [0.3, 0.4) is 0 Å². The van der Waals surface area contributed by atoms with Crippen molar-refractivity contribution >= 4 is 17.5 Å². The van der Waals surface area contributed by atoms with Crippen LogP contribution in [0.15, 0.2) is 277 Å². The molecule has 0 saturated carbocycles. The lowest BCUT2D eigenvalue weighted by Crippen LogP contribution is -2.28. The molecule has 0 bridgehead atoms. The van der Waals surface area contributed by atoms with Crippen LogP contribution in [0.1, 0.15) is 119 Å². The normalized spacial score (nSPS) is 11.6. The zero-order valence-electron chi connectivity index (χ0n) is 50.7. The first kappa shape index (κ1) is 60.5. The lowest BCUT2D eigenvalue weighted by Gasteiger charge is -2.34. The van der Waals surface area contributed by atoms with Crippen molar-refractivity contribution in [3.05, 3.63) is 367 Å². The molecule has 2 heteroatoms. The van der Waals surface area contributed by atoms with Gasteiger partial charge >= 0.3 is 0 Å². The maximum absolute atomic E-state index is 12.1. The van der Waals surface area contributed by atoms with E-state index in [-0.39, 0.29) is 16.6 Å². The smallest absolute Gasteiger partial charge is 0.193 e. The summed E-state index contributed by atoms with van der Waals surface area (Å²) in [5, 5.41) is 0. The number of hydrogen-bond acceptors (Lipinski definition) is 2. The third kappa shape index (κ3) is 15.5. The summed E-state index contributed by atoms with van der Waals surface area (Å²) in [6, 6.07) is 94.6. The topological polar surface area (TPSA) is 17.1 Å². The van der Waals surface area contributed by atoms with Crippen molar-refractivity contribution in [3.63, 3.8) is 0 Å². The Morgan fingerprint density at radius 3 is 0.807 bits per heavy atom. The van der Waals surface area contributed by atoms with Gasteiger partial charge in [-0.15, -0.1) is 0 Å². The summed E-state index contributed by atoms with van der Waals surface area (Å²) in [6.07, 6.45) is 0. The van der Waals surface area contributed by atoms with Gasteiger partial charge in [-0.2, -0.15) is 0 Å². The van der Waals surface area contributed by atoms with Crippen LogP contribution in [0.2, 0.25) is 0 Å². The van der Waals surface area contributed by atoms with Gasteiger partial charge in [0.1, 0.15) is 0 Å². The van der Waals surface area contributed by atoms with Gasteiger partial charge in [0.05, 0.1) is 5.41 Å². The summed E-state index contributed by atoms with van der Waals surface area (Å²) >= 11 is 1.80. The van der Waals surface area contributed by atoms with E-state index in [4.69, 9.17) is 0 Å². The molecule has 1 aliphatic rings. The molecule has 0 heterocycles. The minimum absolute atomic E-state index is 0.0708. The quantitative estimate of drug-likeness (QED) is 0.141. The van der Waals surface area contributed by atoms with E-state index in [1.54, 1.807) is 11.8 Å².